The summed E-state index contributed by atoms with van der Waals surface area (Å²) >= 11 is 0. The number of nitriles is 1. The molecular formula is C9H13N3. The lowest BCUT2D eigenvalue weighted by atomic mass is 10.1. The maximum atomic E-state index is 8.78. The van der Waals surface area contributed by atoms with Gasteiger partial charge in [-0.15, -0.1) is 0 Å². The summed E-state index contributed by atoms with van der Waals surface area (Å²) in [6.45, 7) is 4.02. The third-order valence-electron chi connectivity index (χ3n) is 2.31. The predicted molar refractivity (Wildman–Crippen MR) is 48.7 cm³/mol. The van der Waals surface area contributed by atoms with Crippen LogP contribution in [0.2, 0.25) is 0 Å². The van der Waals surface area contributed by atoms with E-state index in [2.05, 4.69) is 6.07 Å². The van der Waals surface area contributed by atoms with Gasteiger partial charge in [0, 0.05) is 12.7 Å². The first-order valence-electron chi connectivity index (χ1n) is 3.97. The van der Waals surface area contributed by atoms with Gasteiger partial charge in [-0.25, -0.2) is 0 Å². The maximum absolute atomic E-state index is 8.78. The zero-order valence-electron chi connectivity index (χ0n) is 7.68. The molecular weight excluding hydrogens is 150 g/mol. The van der Waals surface area contributed by atoms with E-state index in [4.69, 9.17) is 11.0 Å². The van der Waals surface area contributed by atoms with Crippen LogP contribution in [0.3, 0.4) is 0 Å². The standard InChI is InChI=1S/C9H13N3/c1-4-7-6(2)12(3)8(5-10)9(7)11/h4,11H2,1-3H3. The molecule has 0 aliphatic heterocycles. The molecule has 1 aromatic heterocycles. The summed E-state index contributed by atoms with van der Waals surface area (Å²) in [6, 6.07) is 2.10. The van der Waals surface area contributed by atoms with Crippen LogP contribution in [0.25, 0.3) is 0 Å². The summed E-state index contributed by atoms with van der Waals surface area (Å²) in [5.41, 5.74) is 9.18. The highest BCUT2D eigenvalue weighted by atomic mass is 15.0. The number of rotatable bonds is 1. The summed E-state index contributed by atoms with van der Waals surface area (Å²) in [4.78, 5) is 0. The molecule has 0 fully saturated rings. The first-order valence-corrected chi connectivity index (χ1v) is 3.97. The Morgan fingerprint density at radius 1 is 1.58 bits per heavy atom. The van der Waals surface area contributed by atoms with E-state index in [1.54, 1.807) is 0 Å². The Morgan fingerprint density at radius 2 is 2.17 bits per heavy atom. The van der Waals surface area contributed by atoms with E-state index in [9.17, 15) is 0 Å². The molecule has 0 unspecified atom stereocenters. The Kier molecular flexibility index (Phi) is 2.09. The second-order valence-corrected chi connectivity index (χ2v) is 2.85. The molecule has 0 amide bonds. The molecule has 2 N–H and O–H groups in total. The average molecular weight is 163 g/mol. The molecule has 3 heteroatoms. The predicted octanol–water partition coefficient (Wildman–Crippen LogP) is 1.35. The molecule has 0 spiro atoms. The zero-order valence-corrected chi connectivity index (χ0v) is 7.68. The lowest BCUT2D eigenvalue weighted by Gasteiger charge is -1.97. The summed E-state index contributed by atoms with van der Waals surface area (Å²) in [5, 5.41) is 8.78. The van der Waals surface area contributed by atoms with Crippen molar-refractivity contribution in [1.82, 2.24) is 4.57 Å². The van der Waals surface area contributed by atoms with Crippen molar-refractivity contribution >= 4 is 5.69 Å². The van der Waals surface area contributed by atoms with Gasteiger partial charge in [-0.1, -0.05) is 6.92 Å². The van der Waals surface area contributed by atoms with E-state index in [0.717, 1.165) is 17.7 Å². The van der Waals surface area contributed by atoms with Gasteiger partial charge in [0.15, 0.2) is 0 Å². The summed E-state index contributed by atoms with van der Waals surface area (Å²) in [5.74, 6) is 0. The van der Waals surface area contributed by atoms with Crippen LogP contribution < -0.4 is 5.73 Å². The van der Waals surface area contributed by atoms with Gasteiger partial charge in [0.2, 0.25) is 0 Å². The molecule has 0 radical (unpaired) electrons. The first-order chi connectivity index (χ1) is 5.63. The fraction of sp³-hybridized carbons (Fsp3) is 0.444. The van der Waals surface area contributed by atoms with Gasteiger partial charge in [-0.3, -0.25) is 0 Å². The van der Waals surface area contributed by atoms with E-state index in [1.807, 2.05) is 25.5 Å². The number of anilines is 1. The van der Waals surface area contributed by atoms with Crippen molar-refractivity contribution in [2.45, 2.75) is 20.3 Å². The smallest absolute Gasteiger partial charge is 0.143 e. The number of nitrogen functional groups attached to an aromatic ring is 1. The molecule has 0 saturated carbocycles. The molecule has 0 atom stereocenters. The summed E-state index contributed by atoms with van der Waals surface area (Å²) < 4.78 is 1.84. The molecule has 64 valence electrons. The van der Waals surface area contributed by atoms with E-state index < -0.39 is 0 Å². The minimum absolute atomic E-state index is 0.573. The highest BCUT2D eigenvalue weighted by molar-refractivity contribution is 5.60. The summed E-state index contributed by atoms with van der Waals surface area (Å²) in [7, 11) is 1.86. The SMILES string of the molecule is CCc1c(N)c(C#N)n(C)c1C. The van der Waals surface area contributed by atoms with Crippen LogP contribution in [-0.4, -0.2) is 4.57 Å². The minimum Gasteiger partial charge on any atom is -0.396 e. The first kappa shape index (κ1) is 8.66. The fourth-order valence-corrected chi connectivity index (χ4v) is 1.47. The molecule has 0 aliphatic carbocycles. The van der Waals surface area contributed by atoms with Crippen LogP contribution in [0.5, 0.6) is 0 Å². The Hall–Kier alpha value is -1.43. The Balaban J connectivity index is 3.45. The lowest BCUT2D eigenvalue weighted by Crippen LogP contribution is -1.95. The second kappa shape index (κ2) is 2.90. The average Bonchev–Trinajstić information content (AvgIpc) is 2.25. The van der Waals surface area contributed by atoms with Crippen LogP contribution in [0.1, 0.15) is 23.9 Å². The van der Waals surface area contributed by atoms with Crippen LogP contribution in [0, 0.1) is 18.3 Å². The Labute approximate surface area is 72.4 Å². The van der Waals surface area contributed by atoms with Crippen molar-refractivity contribution in [3.05, 3.63) is 17.0 Å². The number of nitrogens with zero attached hydrogens (tertiary/aromatic N) is 2. The molecule has 1 heterocycles. The van der Waals surface area contributed by atoms with Crippen molar-refractivity contribution in [2.24, 2.45) is 7.05 Å². The van der Waals surface area contributed by atoms with Crippen LogP contribution in [0.15, 0.2) is 0 Å². The molecule has 0 aromatic carbocycles. The van der Waals surface area contributed by atoms with Crippen molar-refractivity contribution in [3.8, 4) is 6.07 Å². The van der Waals surface area contributed by atoms with Crippen molar-refractivity contribution in [2.75, 3.05) is 5.73 Å². The second-order valence-electron chi connectivity index (χ2n) is 2.85. The molecule has 0 saturated heterocycles. The molecule has 1 aromatic rings. The van der Waals surface area contributed by atoms with Crippen LogP contribution >= 0.6 is 0 Å². The van der Waals surface area contributed by atoms with Crippen molar-refractivity contribution in [1.29, 1.82) is 5.26 Å². The van der Waals surface area contributed by atoms with Gasteiger partial charge in [-0.05, 0) is 18.9 Å². The lowest BCUT2D eigenvalue weighted by molar-refractivity contribution is 0.856. The van der Waals surface area contributed by atoms with E-state index in [0.29, 0.717) is 11.4 Å². The quantitative estimate of drug-likeness (QED) is 0.679. The Bertz CT molecular complexity index is 342. The zero-order chi connectivity index (χ0) is 9.30. The van der Waals surface area contributed by atoms with Gasteiger partial charge >= 0.3 is 0 Å². The topological polar surface area (TPSA) is 54.7 Å². The van der Waals surface area contributed by atoms with Gasteiger partial charge in [0.25, 0.3) is 0 Å². The molecule has 0 aliphatic rings. The maximum Gasteiger partial charge on any atom is 0.143 e. The monoisotopic (exact) mass is 163 g/mol. The van der Waals surface area contributed by atoms with Gasteiger partial charge in [-0.2, -0.15) is 5.26 Å². The molecule has 3 nitrogen and oxygen atoms in total. The largest absolute Gasteiger partial charge is 0.396 e. The van der Waals surface area contributed by atoms with Crippen LogP contribution in [-0.2, 0) is 13.5 Å². The molecule has 0 bridgehead atoms. The third-order valence-corrected chi connectivity index (χ3v) is 2.31. The van der Waals surface area contributed by atoms with Crippen molar-refractivity contribution < 1.29 is 0 Å². The normalized spacial score (nSPS) is 9.83. The fourth-order valence-electron chi connectivity index (χ4n) is 1.47. The summed E-state index contributed by atoms with van der Waals surface area (Å²) in [6.07, 6.45) is 0.882. The van der Waals surface area contributed by atoms with Gasteiger partial charge in [0.05, 0.1) is 5.69 Å². The number of aromatic nitrogens is 1. The van der Waals surface area contributed by atoms with Crippen molar-refractivity contribution in [3.63, 3.8) is 0 Å². The number of hydrogen-bond acceptors (Lipinski definition) is 2. The van der Waals surface area contributed by atoms with Gasteiger partial charge < -0.3 is 10.3 Å². The Morgan fingerprint density at radius 3 is 2.42 bits per heavy atom. The van der Waals surface area contributed by atoms with Crippen LogP contribution in [0.4, 0.5) is 5.69 Å². The van der Waals surface area contributed by atoms with E-state index in [1.165, 1.54) is 0 Å². The minimum atomic E-state index is 0.573. The molecule has 1 rings (SSSR count). The van der Waals surface area contributed by atoms with Gasteiger partial charge in [0.1, 0.15) is 11.8 Å². The number of nitrogens with two attached hydrogens (primary N) is 1. The highest BCUT2D eigenvalue weighted by Gasteiger charge is 2.13. The number of hydrogen-bond donors (Lipinski definition) is 1. The van der Waals surface area contributed by atoms with E-state index in [-0.39, 0.29) is 0 Å². The third kappa shape index (κ3) is 0.964. The van der Waals surface area contributed by atoms with E-state index >= 15 is 0 Å². The highest BCUT2D eigenvalue weighted by Crippen LogP contribution is 2.23. The molecule has 12 heavy (non-hydrogen) atoms.